The number of carbonyl (C=O) groups is 1. The summed E-state index contributed by atoms with van der Waals surface area (Å²) in [6, 6.07) is 13.0. The number of fused-ring (bicyclic) bond motifs is 1. The molecule has 0 saturated carbocycles. The lowest BCUT2D eigenvalue weighted by Crippen LogP contribution is -2.36. The average molecular weight is 440 g/mol. The molecule has 9 heteroatoms. The van der Waals surface area contributed by atoms with Crippen LogP contribution in [0.25, 0.3) is 21.5 Å². The number of morpholine rings is 1. The van der Waals surface area contributed by atoms with E-state index in [0.29, 0.717) is 22.0 Å². The van der Waals surface area contributed by atoms with Gasteiger partial charge in [0.1, 0.15) is 0 Å². The van der Waals surface area contributed by atoms with Crippen molar-refractivity contribution in [3.63, 3.8) is 0 Å². The summed E-state index contributed by atoms with van der Waals surface area (Å²) in [5.74, 6) is -0.231. The lowest BCUT2D eigenvalue weighted by Gasteiger charge is -2.25. The van der Waals surface area contributed by atoms with E-state index in [1.165, 1.54) is 6.20 Å². The van der Waals surface area contributed by atoms with Crippen LogP contribution in [0.5, 0.6) is 0 Å². The molecular weight excluding hydrogens is 422 g/mol. The van der Waals surface area contributed by atoms with Gasteiger partial charge in [-0.2, -0.15) is 5.10 Å². The zero-order chi connectivity index (χ0) is 20.5. The van der Waals surface area contributed by atoms with E-state index in [4.69, 9.17) is 21.3 Å². The van der Waals surface area contributed by atoms with E-state index in [-0.39, 0.29) is 5.91 Å². The van der Waals surface area contributed by atoms with Gasteiger partial charge < -0.3 is 15.0 Å². The van der Waals surface area contributed by atoms with E-state index in [1.54, 1.807) is 23.5 Å². The van der Waals surface area contributed by atoms with Crippen LogP contribution < -0.4 is 10.2 Å². The van der Waals surface area contributed by atoms with E-state index in [1.807, 2.05) is 30.3 Å². The number of hydrogen-bond acceptors (Lipinski definition) is 6. The number of ether oxygens (including phenoxy) is 1. The Labute approximate surface area is 181 Å². The standard InChI is InChI=1S/C21H18ClN5O2S/c22-14-3-1-13(2-4-14)19-16(12-23-26-19)20(28)24-15-5-6-17-18(11-15)30-21(25-17)27-7-9-29-10-8-27/h1-6,11-12H,7-10H2,(H,23,26)(H,24,28). The molecular formula is C21H18ClN5O2S. The van der Waals surface area contributed by atoms with Gasteiger partial charge in [0, 0.05) is 29.4 Å². The highest BCUT2D eigenvalue weighted by Gasteiger charge is 2.18. The second-order valence-electron chi connectivity index (χ2n) is 6.90. The minimum Gasteiger partial charge on any atom is -0.378 e. The monoisotopic (exact) mass is 439 g/mol. The van der Waals surface area contributed by atoms with Crippen molar-refractivity contribution in [2.75, 3.05) is 36.5 Å². The molecule has 0 unspecified atom stereocenters. The molecule has 0 bridgehead atoms. The molecule has 4 aromatic rings. The zero-order valence-electron chi connectivity index (χ0n) is 15.9. The van der Waals surface area contributed by atoms with Crippen LogP contribution in [-0.2, 0) is 4.74 Å². The third-order valence-corrected chi connectivity index (χ3v) is 6.26. The number of hydrogen-bond donors (Lipinski definition) is 2. The van der Waals surface area contributed by atoms with Crippen LogP contribution in [0.4, 0.5) is 10.8 Å². The molecule has 2 aromatic heterocycles. The van der Waals surface area contributed by atoms with Gasteiger partial charge in [0.15, 0.2) is 5.13 Å². The van der Waals surface area contributed by atoms with E-state index in [9.17, 15) is 4.79 Å². The predicted molar refractivity (Wildman–Crippen MR) is 120 cm³/mol. The van der Waals surface area contributed by atoms with Crippen LogP contribution >= 0.6 is 22.9 Å². The van der Waals surface area contributed by atoms with Crippen LogP contribution in [-0.4, -0.2) is 47.4 Å². The van der Waals surface area contributed by atoms with Crippen LogP contribution in [0.3, 0.4) is 0 Å². The number of rotatable bonds is 4. The van der Waals surface area contributed by atoms with Crippen molar-refractivity contribution in [3.05, 3.63) is 59.2 Å². The number of carbonyl (C=O) groups excluding carboxylic acids is 1. The molecule has 1 amide bonds. The maximum Gasteiger partial charge on any atom is 0.259 e. The fourth-order valence-electron chi connectivity index (χ4n) is 3.37. The molecule has 1 saturated heterocycles. The zero-order valence-corrected chi connectivity index (χ0v) is 17.5. The summed E-state index contributed by atoms with van der Waals surface area (Å²) in [4.78, 5) is 19.8. The normalized spacial score (nSPS) is 14.2. The molecule has 30 heavy (non-hydrogen) atoms. The number of nitrogens with zero attached hydrogens (tertiary/aromatic N) is 3. The maximum absolute atomic E-state index is 12.9. The first kappa shape index (κ1) is 19.0. The Morgan fingerprint density at radius 3 is 2.77 bits per heavy atom. The van der Waals surface area contributed by atoms with Gasteiger partial charge in [-0.3, -0.25) is 9.89 Å². The van der Waals surface area contributed by atoms with Gasteiger partial charge in [-0.1, -0.05) is 35.1 Å². The number of aromatic nitrogens is 3. The number of thiazole rings is 1. The molecule has 7 nitrogen and oxygen atoms in total. The van der Waals surface area contributed by atoms with Gasteiger partial charge >= 0.3 is 0 Å². The first-order chi connectivity index (χ1) is 14.7. The summed E-state index contributed by atoms with van der Waals surface area (Å²) >= 11 is 7.58. The van der Waals surface area contributed by atoms with Gasteiger partial charge in [-0.15, -0.1) is 0 Å². The maximum atomic E-state index is 12.9. The third-order valence-electron chi connectivity index (χ3n) is 4.93. The first-order valence-electron chi connectivity index (χ1n) is 9.51. The highest BCUT2D eigenvalue weighted by molar-refractivity contribution is 7.22. The predicted octanol–water partition coefficient (Wildman–Crippen LogP) is 4.43. The molecule has 3 heterocycles. The topological polar surface area (TPSA) is 83.1 Å². The summed E-state index contributed by atoms with van der Waals surface area (Å²) in [7, 11) is 0. The summed E-state index contributed by atoms with van der Waals surface area (Å²) in [5, 5.41) is 11.5. The van der Waals surface area contributed by atoms with Crippen molar-refractivity contribution in [2.45, 2.75) is 0 Å². The van der Waals surface area contributed by atoms with Crippen molar-refractivity contribution < 1.29 is 9.53 Å². The molecule has 0 atom stereocenters. The van der Waals surface area contributed by atoms with Crippen molar-refractivity contribution in [1.29, 1.82) is 0 Å². The molecule has 0 spiro atoms. The minimum atomic E-state index is -0.231. The highest BCUT2D eigenvalue weighted by atomic mass is 35.5. The Bertz CT molecular complexity index is 1200. The molecule has 2 aromatic carbocycles. The van der Waals surface area contributed by atoms with E-state index >= 15 is 0 Å². The Hall–Kier alpha value is -2.94. The third kappa shape index (κ3) is 3.77. The fraction of sp³-hybridized carbons (Fsp3) is 0.190. The van der Waals surface area contributed by atoms with E-state index in [2.05, 4.69) is 20.4 Å². The van der Waals surface area contributed by atoms with Crippen LogP contribution in [0, 0.1) is 0 Å². The minimum absolute atomic E-state index is 0.231. The number of benzene rings is 2. The molecule has 152 valence electrons. The number of halogens is 1. The molecule has 0 radical (unpaired) electrons. The Balaban J connectivity index is 1.37. The summed E-state index contributed by atoms with van der Waals surface area (Å²) in [6.07, 6.45) is 1.53. The van der Waals surface area contributed by atoms with Crippen molar-refractivity contribution in [1.82, 2.24) is 15.2 Å². The Morgan fingerprint density at radius 1 is 1.17 bits per heavy atom. The van der Waals surface area contributed by atoms with Gasteiger partial charge in [0.2, 0.25) is 0 Å². The number of anilines is 2. The van der Waals surface area contributed by atoms with Crippen molar-refractivity contribution in [3.8, 4) is 11.3 Å². The number of amides is 1. The lowest BCUT2D eigenvalue weighted by atomic mass is 10.1. The second-order valence-corrected chi connectivity index (χ2v) is 8.34. The first-order valence-corrected chi connectivity index (χ1v) is 10.7. The quantitative estimate of drug-likeness (QED) is 0.491. The smallest absolute Gasteiger partial charge is 0.259 e. The van der Waals surface area contributed by atoms with Gasteiger partial charge in [0.25, 0.3) is 5.91 Å². The molecule has 2 N–H and O–H groups in total. The van der Waals surface area contributed by atoms with E-state index < -0.39 is 0 Å². The van der Waals surface area contributed by atoms with Gasteiger partial charge in [-0.25, -0.2) is 4.98 Å². The lowest BCUT2D eigenvalue weighted by molar-refractivity contribution is 0.102. The fourth-order valence-corrected chi connectivity index (χ4v) is 4.56. The van der Waals surface area contributed by atoms with Crippen molar-refractivity contribution >= 4 is 49.9 Å². The van der Waals surface area contributed by atoms with Crippen LogP contribution in [0.15, 0.2) is 48.7 Å². The Kier molecular flexibility index (Phi) is 5.12. The van der Waals surface area contributed by atoms with Gasteiger partial charge in [0.05, 0.1) is 40.9 Å². The number of aromatic amines is 1. The molecule has 0 aliphatic carbocycles. The summed E-state index contributed by atoms with van der Waals surface area (Å²) < 4.78 is 6.44. The van der Waals surface area contributed by atoms with Crippen molar-refractivity contribution in [2.24, 2.45) is 0 Å². The SMILES string of the molecule is O=C(Nc1ccc2nc(N3CCOCC3)sc2c1)c1cn[nH]c1-c1ccc(Cl)cc1. The molecule has 1 aliphatic heterocycles. The van der Waals surface area contributed by atoms with Crippen LogP contribution in [0.1, 0.15) is 10.4 Å². The molecule has 1 aliphatic rings. The average Bonchev–Trinajstić information content (AvgIpc) is 3.42. The second kappa shape index (κ2) is 8.06. The molecule has 1 fully saturated rings. The van der Waals surface area contributed by atoms with Crippen LogP contribution in [0.2, 0.25) is 5.02 Å². The number of nitrogens with one attached hydrogen (secondary N) is 2. The summed E-state index contributed by atoms with van der Waals surface area (Å²) in [6.45, 7) is 3.13. The Morgan fingerprint density at radius 2 is 1.97 bits per heavy atom. The highest BCUT2D eigenvalue weighted by Crippen LogP contribution is 2.31. The van der Waals surface area contributed by atoms with Gasteiger partial charge in [-0.05, 0) is 30.3 Å². The largest absolute Gasteiger partial charge is 0.378 e. The van der Waals surface area contributed by atoms with E-state index in [0.717, 1.165) is 47.2 Å². The summed E-state index contributed by atoms with van der Waals surface area (Å²) in [5.41, 5.74) is 3.60. The molecule has 5 rings (SSSR count). The number of H-pyrrole nitrogens is 1.